The molecule has 4 heteroatoms. The van der Waals surface area contributed by atoms with Crippen LogP contribution in [0.4, 0.5) is 0 Å². The number of halogens is 1. The predicted octanol–water partition coefficient (Wildman–Crippen LogP) is 3.59. The van der Waals surface area contributed by atoms with E-state index >= 15 is 0 Å². The summed E-state index contributed by atoms with van der Waals surface area (Å²) in [5.74, 6) is 1.10. The minimum Gasteiger partial charge on any atom is -0.355 e. The zero-order chi connectivity index (χ0) is 12.7. The molecule has 17 heavy (non-hydrogen) atoms. The van der Waals surface area contributed by atoms with Gasteiger partial charge in [0.25, 0.3) is 0 Å². The van der Waals surface area contributed by atoms with Crippen molar-refractivity contribution < 1.29 is 4.79 Å². The molecule has 0 aliphatic heterocycles. The van der Waals surface area contributed by atoms with Gasteiger partial charge in [0.15, 0.2) is 0 Å². The third-order valence-electron chi connectivity index (χ3n) is 2.24. The molecular formula is C13H18ClNOS. The van der Waals surface area contributed by atoms with Crippen LogP contribution in [-0.4, -0.2) is 18.2 Å². The average Bonchev–Trinajstić information content (AvgIpc) is 2.27. The fourth-order valence-corrected chi connectivity index (χ4v) is 2.33. The van der Waals surface area contributed by atoms with E-state index in [0.717, 1.165) is 17.9 Å². The molecule has 0 saturated heterocycles. The summed E-state index contributed by atoms with van der Waals surface area (Å²) in [6, 6.07) is 7.56. The molecule has 0 atom stereocenters. The molecule has 1 aromatic carbocycles. The summed E-state index contributed by atoms with van der Waals surface area (Å²) in [6.45, 7) is 5.04. The molecule has 0 aliphatic rings. The molecule has 0 radical (unpaired) electrons. The van der Waals surface area contributed by atoms with Crippen molar-refractivity contribution in [3.63, 3.8) is 0 Å². The van der Waals surface area contributed by atoms with Crippen molar-refractivity contribution in [2.45, 2.75) is 25.2 Å². The maximum absolute atomic E-state index is 11.5. The van der Waals surface area contributed by atoms with E-state index in [1.54, 1.807) is 0 Å². The molecule has 1 aromatic rings. The molecular weight excluding hydrogens is 254 g/mol. The predicted molar refractivity (Wildman–Crippen MR) is 74.6 cm³/mol. The fraction of sp³-hybridized carbons (Fsp3) is 0.462. The highest BCUT2D eigenvalue weighted by atomic mass is 35.5. The van der Waals surface area contributed by atoms with Gasteiger partial charge in [-0.2, -0.15) is 0 Å². The fourth-order valence-electron chi connectivity index (χ4n) is 1.26. The largest absolute Gasteiger partial charge is 0.355 e. The number of hydrogen-bond acceptors (Lipinski definition) is 2. The molecule has 1 amide bonds. The van der Waals surface area contributed by atoms with Crippen LogP contribution >= 0.6 is 23.4 Å². The Kier molecular flexibility index (Phi) is 6.45. The van der Waals surface area contributed by atoms with Gasteiger partial charge in [-0.3, -0.25) is 4.79 Å². The van der Waals surface area contributed by atoms with E-state index < -0.39 is 0 Å². The highest BCUT2D eigenvalue weighted by molar-refractivity contribution is 8.00. The van der Waals surface area contributed by atoms with Crippen molar-refractivity contribution in [3.05, 3.63) is 29.3 Å². The van der Waals surface area contributed by atoms with Gasteiger partial charge in [0.2, 0.25) is 5.91 Å². The second-order valence-corrected chi connectivity index (χ2v) is 5.68. The van der Waals surface area contributed by atoms with E-state index in [0.29, 0.717) is 16.7 Å². The van der Waals surface area contributed by atoms with Crippen LogP contribution in [0.15, 0.2) is 29.2 Å². The Morgan fingerprint density at radius 3 is 2.76 bits per heavy atom. The molecule has 1 rings (SSSR count). The van der Waals surface area contributed by atoms with E-state index in [-0.39, 0.29) is 5.91 Å². The Labute approximate surface area is 112 Å². The summed E-state index contributed by atoms with van der Waals surface area (Å²) in [5.41, 5.74) is 0. The van der Waals surface area contributed by atoms with Crippen LogP contribution in [0, 0.1) is 5.92 Å². The lowest BCUT2D eigenvalue weighted by atomic mass is 10.1. The standard InChI is InChI=1S/C13H18ClNOS/c1-10(2)7-8-15-13(16)9-17-12-6-4-3-5-11(12)14/h3-6,10H,7-9H2,1-2H3,(H,15,16). The topological polar surface area (TPSA) is 29.1 Å². The van der Waals surface area contributed by atoms with E-state index in [9.17, 15) is 4.79 Å². The molecule has 0 heterocycles. The van der Waals surface area contributed by atoms with Crippen LogP contribution in [-0.2, 0) is 4.79 Å². The molecule has 0 bridgehead atoms. The Morgan fingerprint density at radius 1 is 1.41 bits per heavy atom. The van der Waals surface area contributed by atoms with E-state index in [4.69, 9.17) is 11.6 Å². The van der Waals surface area contributed by atoms with Gasteiger partial charge in [0, 0.05) is 11.4 Å². The lowest BCUT2D eigenvalue weighted by Crippen LogP contribution is -2.26. The second kappa shape index (κ2) is 7.62. The first-order chi connectivity index (χ1) is 8.09. The molecule has 2 nitrogen and oxygen atoms in total. The van der Waals surface area contributed by atoms with Crippen molar-refractivity contribution in [1.82, 2.24) is 5.32 Å². The number of benzene rings is 1. The number of rotatable bonds is 6. The third kappa shape index (κ3) is 5.99. The normalized spacial score (nSPS) is 10.6. The van der Waals surface area contributed by atoms with Crippen molar-refractivity contribution in [1.29, 1.82) is 0 Å². The first-order valence-corrected chi connectivity index (χ1v) is 7.10. The maximum Gasteiger partial charge on any atom is 0.230 e. The lowest BCUT2D eigenvalue weighted by molar-refractivity contribution is -0.118. The minimum absolute atomic E-state index is 0.0653. The van der Waals surface area contributed by atoms with Crippen LogP contribution < -0.4 is 5.32 Å². The number of amides is 1. The van der Waals surface area contributed by atoms with Crippen molar-refractivity contribution in [2.75, 3.05) is 12.3 Å². The second-order valence-electron chi connectivity index (χ2n) is 4.25. The monoisotopic (exact) mass is 271 g/mol. The summed E-state index contributed by atoms with van der Waals surface area (Å²) >= 11 is 7.47. The number of carbonyl (C=O) groups is 1. The molecule has 0 aromatic heterocycles. The van der Waals surface area contributed by atoms with Gasteiger partial charge in [-0.1, -0.05) is 37.6 Å². The number of carbonyl (C=O) groups excluding carboxylic acids is 1. The number of thioether (sulfide) groups is 1. The van der Waals surface area contributed by atoms with Gasteiger partial charge in [-0.05, 0) is 24.5 Å². The molecule has 1 N–H and O–H groups in total. The Balaban J connectivity index is 2.26. The van der Waals surface area contributed by atoms with E-state index in [2.05, 4.69) is 19.2 Å². The molecule has 0 aliphatic carbocycles. The van der Waals surface area contributed by atoms with E-state index in [1.807, 2.05) is 24.3 Å². The van der Waals surface area contributed by atoms with Crippen LogP contribution in [0.25, 0.3) is 0 Å². The van der Waals surface area contributed by atoms with Gasteiger partial charge in [0.1, 0.15) is 0 Å². The van der Waals surface area contributed by atoms with Crippen molar-refractivity contribution in [2.24, 2.45) is 5.92 Å². The summed E-state index contributed by atoms with van der Waals surface area (Å²) in [5, 5.41) is 3.60. The lowest BCUT2D eigenvalue weighted by Gasteiger charge is -2.07. The summed E-state index contributed by atoms with van der Waals surface area (Å²) < 4.78 is 0. The van der Waals surface area contributed by atoms with Gasteiger partial charge >= 0.3 is 0 Å². The first-order valence-electron chi connectivity index (χ1n) is 5.73. The minimum atomic E-state index is 0.0653. The number of hydrogen-bond donors (Lipinski definition) is 1. The van der Waals surface area contributed by atoms with Crippen LogP contribution in [0.2, 0.25) is 5.02 Å². The molecule has 0 fully saturated rings. The number of nitrogens with one attached hydrogen (secondary N) is 1. The van der Waals surface area contributed by atoms with Gasteiger partial charge in [-0.25, -0.2) is 0 Å². The summed E-state index contributed by atoms with van der Waals surface area (Å²) in [6.07, 6.45) is 1.02. The Bertz CT molecular complexity index is 368. The molecule has 0 unspecified atom stereocenters. The smallest absolute Gasteiger partial charge is 0.230 e. The van der Waals surface area contributed by atoms with Crippen LogP contribution in [0.5, 0.6) is 0 Å². The third-order valence-corrected chi connectivity index (χ3v) is 3.75. The average molecular weight is 272 g/mol. The first kappa shape index (κ1) is 14.4. The SMILES string of the molecule is CC(C)CCNC(=O)CSc1ccccc1Cl. The Morgan fingerprint density at radius 2 is 2.12 bits per heavy atom. The maximum atomic E-state index is 11.5. The molecule has 0 spiro atoms. The summed E-state index contributed by atoms with van der Waals surface area (Å²) in [7, 11) is 0. The van der Waals surface area contributed by atoms with Gasteiger partial charge < -0.3 is 5.32 Å². The highest BCUT2D eigenvalue weighted by Crippen LogP contribution is 2.26. The van der Waals surface area contributed by atoms with Gasteiger partial charge in [0.05, 0.1) is 10.8 Å². The van der Waals surface area contributed by atoms with Gasteiger partial charge in [-0.15, -0.1) is 11.8 Å². The zero-order valence-electron chi connectivity index (χ0n) is 10.2. The zero-order valence-corrected chi connectivity index (χ0v) is 11.8. The van der Waals surface area contributed by atoms with Crippen LogP contribution in [0.3, 0.4) is 0 Å². The van der Waals surface area contributed by atoms with Crippen molar-refractivity contribution >= 4 is 29.3 Å². The molecule has 94 valence electrons. The van der Waals surface area contributed by atoms with E-state index in [1.165, 1.54) is 11.8 Å². The molecule has 0 saturated carbocycles. The Hall–Kier alpha value is -0.670. The highest BCUT2D eigenvalue weighted by Gasteiger charge is 2.05. The van der Waals surface area contributed by atoms with Crippen molar-refractivity contribution in [3.8, 4) is 0 Å². The van der Waals surface area contributed by atoms with Crippen LogP contribution in [0.1, 0.15) is 20.3 Å². The quantitative estimate of drug-likeness (QED) is 0.801. The summed E-state index contributed by atoms with van der Waals surface area (Å²) in [4.78, 5) is 12.5.